The van der Waals surface area contributed by atoms with Crippen LogP contribution in [0.3, 0.4) is 0 Å². The number of piperazine rings is 1. The van der Waals surface area contributed by atoms with Crippen molar-refractivity contribution in [3.8, 4) is 0 Å². The summed E-state index contributed by atoms with van der Waals surface area (Å²) in [6, 6.07) is 0.833. The fourth-order valence-corrected chi connectivity index (χ4v) is 4.83. The van der Waals surface area contributed by atoms with Crippen molar-refractivity contribution >= 4 is 0 Å². The second-order valence-corrected chi connectivity index (χ2v) is 7.08. The smallest absolute Gasteiger partial charge is 0.0335 e. The number of nitrogens with zero attached hydrogens (tertiary/aromatic N) is 2. The van der Waals surface area contributed by atoms with E-state index in [2.05, 4.69) is 16.7 Å². The average Bonchev–Trinajstić information content (AvgIpc) is 2.94. The molecule has 2 N–H and O–H groups in total. The Morgan fingerprint density at radius 2 is 2.05 bits per heavy atom. The highest BCUT2D eigenvalue weighted by atomic mass is 15.3. The molecule has 2 heterocycles. The first-order valence-corrected chi connectivity index (χ1v) is 8.46. The van der Waals surface area contributed by atoms with Crippen LogP contribution in [0.5, 0.6) is 0 Å². The maximum atomic E-state index is 6.27. The zero-order valence-electron chi connectivity index (χ0n) is 12.6. The summed E-state index contributed by atoms with van der Waals surface area (Å²) in [4.78, 5) is 5.50. The Balaban J connectivity index is 1.70. The Bertz CT molecular complexity index is 306. The van der Waals surface area contributed by atoms with E-state index in [1.807, 2.05) is 0 Å². The number of rotatable bonds is 3. The van der Waals surface area contributed by atoms with Crippen LogP contribution in [0.1, 0.15) is 51.9 Å². The van der Waals surface area contributed by atoms with Crippen LogP contribution in [-0.4, -0.2) is 54.1 Å². The van der Waals surface area contributed by atoms with E-state index in [0.717, 1.165) is 18.5 Å². The Morgan fingerprint density at radius 1 is 1.16 bits per heavy atom. The molecule has 0 spiro atoms. The molecule has 0 aromatic carbocycles. The van der Waals surface area contributed by atoms with Gasteiger partial charge in [-0.05, 0) is 38.1 Å². The van der Waals surface area contributed by atoms with E-state index in [-0.39, 0.29) is 0 Å². The predicted octanol–water partition coefficient (Wildman–Crippen LogP) is 2.06. The molecule has 2 aliphatic heterocycles. The number of nitrogens with two attached hydrogens (primary N) is 1. The van der Waals surface area contributed by atoms with Crippen molar-refractivity contribution in [3.63, 3.8) is 0 Å². The largest absolute Gasteiger partial charge is 0.329 e. The summed E-state index contributed by atoms with van der Waals surface area (Å²) in [5.74, 6) is 0.916. The molecule has 3 atom stereocenters. The molecule has 3 fully saturated rings. The Morgan fingerprint density at radius 3 is 2.84 bits per heavy atom. The van der Waals surface area contributed by atoms with E-state index in [1.165, 1.54) is 71.1 Å². The van der Waals surface area contributed by atoms with Crippen LogP contribution in [0.25, 0.3) is 0 Å². The number of fused-ring (bicyclic) bond motifs is 1. The minimum Gasteiger partial charge on any atom is -0.329 e. The van der Waals surface area contributed by atoms with Crippen LogP contribution in [0, 0.1) is 5.92 Å². The van der Waals surface area contributed by atoms with Crippen molar-refractivity contribution < 1.29 is 0 Å². The van der Waals surface area contributed by atoms with E-state index in [1.54, 1.807) is 0 Å². The monoisotopic (exact) mass is 265 g/mol. The maximum Gasteiger partial charge on any atom is 0.0335 e. The van der Waals surface area contributed by atoms with Gasteiger partial charge in [0.15, 0.2) is 0 Å². The second-order valence-electron chi connectivity index (χ2n) is 7.08. The summed E-state index contributed by atoms with van der Waals surface area (Å²) in [7, 11) is 0. The molecule has 0 radical (unpaired) electrons. The quantitative estimate of drug-likeness (QED) is 0.848. The van der Waals surface area contributed by atoms with Crippen LogP contribution in [0.4, 0.5) is 0 Å². The van der Waals surface area contributed by atoms with E-state index >= 15 is 0 Å². The third-order valence-electron chi connectivity index (χ3n) is 6.14. The van der Waals surface area contributed by atoms with Crippen molar-refractivity contribution in [3.05, 3.63) is 0 Å². The normalized spacial score (nSPS) is 41.4. The molecule has 110 valence electrons. The standard InChI is InChI=1S/C16H31N3/c1-2-14-5-3-7-16(11-14,13-17)19-10-9-18-8-4-6-15(18)12-19/h14-15H,2-13,17H2,1H3. The van der Waals surface area contributed by atoms with Gasteiger partial charge in [0.2, 0.25) is 0 Å². The molecule has 2 saturated heterocycles. The van der Waals surface area contributed by atoms with Crippen molar-refractivity contribution in [1.29, 1.82) is 0 Å². The molecule has 19 heavy (non-hydrogen) atoms. The van der Waals surface area contributed by atoms with E-state index in [4.69, 9.17) is 5.73 Å². The van der Waals surface area contributed by atoms with Gasteiger partial charge in [0.05, 0.1) is 0 Å². The molecule has 0 bridgehead atoms. The Hall–Kier alpha value is -0.120. The van der Waals surface area contributed by atoms with Gasteiger partial charge in [0, 0.05) is 37.8 Å². The molecule has 3 rings (SSSR count). The van der Waals surface area contributed by atoms with Gasteiger partial charge in [-0.2, -0.15) is 0 Å². The van der Waals surface area contributed by atoms with Gasteiger partial charge in [-0.1, -0.05) is 26.2 Å². The first-order chi connectivity index (χ1) is 9.27. The fraction of sp³-hybridized carbons (Fsp3) is 1.00. The van der Waals surface area contributed by atoms with Gasteiger partial charge < -0.3 is 5.73 Å². The lowest BCUT2D eigenvalue weighted by Crippen LogP contribution is -2.63. The summed E-state index contributed by atoms with van der Waals surface area (Å²) < 4.78 is 0. The summed E-state index contributed by atoms with van der Waals surface area (Å²) in [5, 5.41) is 0. The lowest BCUT2D eigenvalue weighted by molar-refractivity contribution is -0.0151. The molecular formula is C16H31N3. The van der Waals surface area contributed by atoms with E-state index in [0.29, 0.717) is 5.54 Å². The van der Waals surface area contributed by atoms with Crippen LogP contribution < -0.4 is 5.73 Å². The third kappa shape index (κ3) is 2.57. The molecule has 0 amide bonds. The summed E-state index contributed by atoms with van der Waals surface area (Å²) in [5.41, 5.74) is 6.61. The molecule has 0 aromatic rings. The van der Waals surface area contributed by atoms with Crippen molar-refractivity contribution in [2.45, 2.75) is 63.5 Å². The fourth-order valence-electron chi connectivity index (χ4n) is 4.83. The van der Waals surface area contributed by atoms with Crippen LogP contribution >= 0.6 is 0 Å². The minimum absolute atomic E-state index is 0.341. The molecule has 0 aromatic heterocycles. The maximum absolute atomic E-state index is 6.27. The number of hydrogen-bond acceptors (Lipinski definition) is 3. The van der Waals surface area contributed by atoms with Gasteiger partial charge in [-0.3, -0.25) is 9.80 Å². The predicted molar refractivity (Wildman–Crippen MR) is 80.2 cm³/mol. The SMILES string of the molecule is CCC1CCCC(CN)(N2CCN3CCCC3C2)C1. The second kappa shape index (κ2) is 5.71. The molecule has 1 aliphatic carbocycles. The van der Waals surface area contributed by atoms with E-state index in [9.17, 15) is 0 Å². The lowest BCUT2D eigenvalue weighted by atomic mass is 9.73. The third-order valence-corrected chi connectivity index (χ3v) is 6.14. The van der Waals surface area contributed by atoms with Gasteiger partial charge in [0.25, 0.3) is 0 Å². The van der Waals surface area contributed by atoms with Gasteiger partial charge in [0.1, 0.15) is 0 Å². The topological polar surface area (TPSA) is 32.5 Å². The van der Waals surface area contributed by atoms with Crippen molar-refractivity contribution in [2.24, 2.45) is 11.7 Å². The van der Waals surface area contributed by atoms with Crippen LogP contribution in [0.15, 0.2) is 0 Å². The first-order valence-electron chi connectivity index (χ1n) is 8.46. The minimum atomic E-state index is 0.341. The lowest BCUT2D eigenvalue weighted by Gasteiger charge is -2.52. The van der Waals surface area contributed by atoms with Crippen molar-refractivity contribution in [2.75, 3.05) is 32.7 Å². The molecular weight excluding hydrogens is 234 g/mol. The summed E-state index contributed by atoms with van der Waals surface area (Å²) in [6.07, 6.45) is 9.67. The molecule has 3 aliphatic rings. The van der Waals surface area contributed by atoms with Gasteiger partial charge in [-0.25, -0.2) is 0 Å². The van der Waals surface area contributed by atoms with Gasteiger partial charge >= 0.3 is 0 Å². The van der Waals surface area contributed by atoms with Gasteiger partial charge in [-0.15, -0.1) is 0 Å². The van der Waals surface area contributed by atoms with E-state index < -0.39 is 0 Å². The Kier molecular flexibility index (Phi) is 4.16. The average molecular weight is 265 g/mol. The van der Waals surface area contributed by atoms with Crippen LogP contribution in [0.2, 0.25) is 0 Å². The zero-order chi connectivity index (χ0) is 13.3. The molecule has 1 saturated carbocycles. The highest BCUT2D eigenvalue weighted by molar-refractivity contribution is 5.00. The van der Waals surface area contributed by atoms with Crippen molar-refractivity contribution in [1.82, 2.24) is 9.80 Å². The zero-order valence-corrected chi connectivity index (χ0v) is 12.6. The number of hydrogen-bond donors (Lipinski definition) is 1. The summed E-state index contributed by atoms with van der Waals surface area (Å²) in [6.45, 7) is 8.38. The molecule has 3 heteroatoms. The first kappa shape index (κ1) is 13.8. The molecule has 3 unspecified atom stereocenters. The van der Waals surface area contributed by atoms with Crippen LogP contribution in [-0.2, 0) is 0 Å². The highest BCUT2D eigenvalue weighted by Crippen LogP contribution is 2.39. The highest BCUT2D eigenvalue weighted by Gasteiger charge is 2.43. The molecule has 3 nitrogen and oxygen atoms in total. The Labute approximate surface area is 118 Å². The summed E-state index contributed by atoms with van der Waals surface area (Å²) >= 11 is 0.